The van der Waals surface area contributed by atoms with Crippen molar-refractivity contribution in [2.24, 2.45) is 0 Å². The van der Waals surface area contributed by atoms with E-state index in [0.717, 1.165) is 16.3 Å². The molecule has 1 atom stereocenters. The maximum absolute atomic E-state index is 13.0. The molecule has 2 N–H and O–H groups in total. The van der Waals surface area contributed by atoms with Crippen molar-refractivity contribution in [1.82, 2.24) is 19.7 Å². The van der Waals surface area contributed by atoms with E-state index in [1.165, 1.54) is 22.2 Å². The highest BCUT2D eigenvalue weighted by molar-refractivity contribution is 7.20. The van der Waals surface area contributed by atoms with Gasteiger partial charge in [-0.05, 0) is 18.9 Å². The number of nitrogens with zero attached hydrogens (tertiary/aromatic N) is 4. The normalized spacial score (nSPS) is 12.5. The summed E-state index contributed by atoms with van der Waals surface area (Å²) in [5, 5.41) is 21.4. The van der Waals surface area contributed by atoms with Crippen molar-refractivity contribution in [2.75, 3.05) is 5.32 Å². The summed E-state index contributed by atoms with van der Waals surface area (Å²) in [6.45, 7) is 7.32. The van der Waals surface area contributed by atoms with E-state index in [0.29, 0.717) is 21.9 Å². The smallest absolute Gasteiger partial charge is 0.346 e. The molecule has 3 aromatic rings. The van der Waals surface area contributed by atoms with Gasteiger partial charge in [0.05, 0.1) is 11.7 Å². The third-order valence-corrected chi connectivity index (χ3v) is 6.59. The molecule has 0 aliphatic heterocycles. The van der Waals surface area contributed by atoms with E-state index in [9.17, 15) is 19.5 Å². The molecule has 0 aromatic carbocycles. The second-order valence-electron chi connectivity index (χ2n) is 6.51. The summed E-state index contributed by atoms with van der Waals surface area (Å²) in [4.78, 5) is 41.7. The van der Waals surface area contributed by atoms with Crippen LogP contribution in [0.15, 0.2) is 11.1 Å². The average Bonchev–Trinajstić information content (AvgIpc) is 3.22. The zero-order valence-electron chi connectivity index (χ0n) is 15.7. The van der Waals surface area contributed by atoms with Gasteiger partial charge in [0.25, 0.3) is 5.56 Å². The van der Waals surface area contributed by atoms with Gasteiger partial charge in [-0.1, -0.05) is 32.1 Å². The summed E-state index contributed by atoms with van der Waals surface area (Å²) in [6, 6.07) is -0.802. The molecule has 3 heterocycles. The second kappa shape index (κ2) is 7.76. The summed E-state index contributed by atoms with van der Waals surface area (Å²) in [7, 11) is 0. The zero-order valence-corrected chi connectivity index (χ0v) is 17.3. The Morgan fingerprint density at radius 1 is 1.29 bits per heavy atom. The largest absolute Gasteiger partial charge is 0.477 e. The highest BCUT2D eigenvalue weighted by atomic mass is 32.1. The number of hydrogen-bond donors (Lipinski definition) is 2. The second-order valence-corrected chi connectivity index (χ2v) is 8.52. The SMILES string of the molecule is CCC(C(=O)Nc1nnc(C(C)C)s1)n1cnc2sc(C(=O)O)c(C)c2c1=O. The van der Waals surface area contributed by atoms with Gasteiger partial charge in [-0.15, -0.1) is 21.5 Å². The van der Waals surface area contributed by atoms with Crippen LogP contribution < -0.4 is 10.9 Å². The molecule has 0 bridgehead atoms. The Hall–Kier alpha value is -2.66. The van der Waals surface area contributed by atoms with Crippen LogP contribution in [0.2, 0.25) is 0 Å². The lowest BCUT2D eigenvalue weighted by Gasteiger charge is -2.16. The van der Waals surface area contributed by atoms with E-state index in [1.54, 1.807) is 13.8 Å². The standard InChI is InChI=1S/C17H19N5O4S2/c1-5-9(12(23)19-17-21-20-13(28-17)7(2)3)22-6-18-14-10(15(22)24)8(4)11(27-14)16(25)26/h6-7,9H,5H2,1-4H3,(H,25,26)(H,19,21,23). The lowest BCUT2D eigenvalue weighted by molar-refractivity contribution is -0.119. The van der Waals surface area contributed by atoms with E-state index < -0.39 is 23.5 Å². The first-order chi connectivity index (χ1) is 13.2. The summed E-state index contributed by atoms with van der Waals surface area (Å²) >= 11 is 2.24. The predicted molar refractivity (Wildman–Crippen MR) is 108 cm³/mol. The molecule has 9 nitrogen and oxygen atoms in total. The molecule has 3 rings (SSSR count). The number of fused-ring (bicyclic) bond motifs is 1. The van der Waals surface area contributed by atoms with Crippen molar-refractivity contribution in [3.63, 3.8) is 0 Å². The highest BCUT2D eigenvalue weighted by Crippen LogP contribution is 2.28. The number of hydrogen-bond acceptors (Lipinski definition) is 8. The third kappa shape index (κ3) is 3.54. The van der Waals surface area contributed by atoms with Gasteiger partial charge >= 0.3 is 5.97 Å². The molecule has 1 amide bonds. The molecule has 0 aliphatic rings. The molecule has 11 heteroatoms. The number of nitrogens with one attached hydrogen (secondary N) is 1. The highest BCUT2D eigenvalue weighted by Gasteiger charge is 2.25. The first-order valence-electron chi connectivity index (χ1n) is 8.62. The number of carboxylic acid groups (broad SMARTS) is 1. The molecule has 0 fully saturated rings. The lowest BCUT2D eigenvalue weighted by Crippen LogP contribution is -2.33. The Balaban J connectivity index is 1.97. The lowest BCUT2D eigenvalue weighted by atomic mass is 10.2. The minimum atomic E-state index is -1.10. The van der Waals surface area contributed by atoms with Crippen LogP contribution in [0.4, 0.5) is 5.13 Å². The third-order valence-electron chi connectivity index (χ3n) is 4.26. The van der Waals surface area contributed by atoms with Crippen LogP contribution in [-0.2, 0) is 4.79 Å². The van der Waals surface area contributed by atoms with Gasteiger partial charge in [-0.2, -0.15) is 0 Å². The van der Waals surface area contributed by atoms with Crippen molar-refractivity contribution in [3.05, 3.63) is 32.1 Å². The molecular weight excluding hydrogens is 402 g/mol. The van der Waals surface area contributed by atoms with Gasteiger partial charge < -0.3 is 5.11 Å². The number of carboxylic acids is 1. The Labute approximate surface area is 168 Å². The van der Waals surface area contributed by atoms with Crippen LogP contribution in [0, 0.1) is 6.92 Å². The number of thiophene rings is 1. The van der Waals surface area contributed by atoms with Crippen molar-refractivity contribution in [2.45, 2.75) is 46.1 Å². The Kier molecular flexibility index (Phi) is 5.57. The monoisotopic (exact) mass is 421 g/mol. The van der Waals surface area contributed by atoms with Gasteiger partial charge in [0.1, 0.15) is 20.8 Å². The number of aryl methyl sites for hydroxylation is 1. The number of aromatic carboxylic acids is 1. The van der Waals surface area contributed by atoms with E-state index in [1.807, 2.05) is 13.8 Å². The van der Waals surface area contributed by atoms with Crippen LogP contribution in [0.25, 0.3) is 10.2 Å². The Bertz CT molecular complexity index is 1110. The minimum Gasteiger partial charge on any atom is -0.477 e. The van der Waals surface area contributed by atoms with Crippen LogP contribution >= 0.6 is 22.7 Å². The first kappa shape index (κ1) is 20.1. The fourth-order valence-electron chi connectivity index (χ4n) is 2.78. The number of aromatic nitrogens is 4. The number of anilines is 1. The summed E-state index contributed by atoms with van der Waals surface area (Å²) in [5.74, 6) is -1.30. The summed E-state index contributed by atoms with van der Waals surface area (Å²) < 4.78 is 1.24. The van der Waals surface area contributed by atoms with Crippen molar-refractivity contribution < 1.29 is 14.7 Å². The molecule has 0 radical (unpaired) electrons. The average molecular weight is 422 g/mol. The molecule has 0 spiro atoms. The van der Waals surface area contributed by atoms with Crippen LogP contribution in [-0.4, -0.2) is 36.7 Å². The van der Waals surface area contributed by atoms with E-state index >= 15 is 0 Å². The number of carbonyl (C=O) groups excluding carboxylic acids is 1. The fraction of sp³-hybridized carbons (Fsp3) is 0.412. The topological polar surface area (TPSA) is 127 Å². The minimum absolute atomic E-state index is 0.0740. The van der Waals surface area contributed by atoms with E-state index in [2.05, 4.69) is 20.5 Å². The molecule has 1 unspecified atom stereocenters. The molecule has 3 aromatic heterocycles. The number of amides is 1. The van der Waals surface area contributed by atoms with Gasteiger partial charge in [-0.3, -0.25) is 19.5 Å². The van der Waals surface area contributed by atoms with Crippen molar-refractivity contribution in [3.8, 4) is 0 Å². The zero-order chi connectivity index (χ0) is 20.6. The Morgan fingerprint density at radius 3 is 2.57 bits per heavy atom. The number of carbonyl (C=O) groups is 2. The molecule has 28 heavy (non-hydrogen) atoms. The van der Waals surface area contributed by atoms with Crippen LogP contribution in [0.5, 0.6) is 0 Å². The first-order valence-corrected chi connectivity index (χ1v) is 10.3. The van der Waals surface area contributed by atoms with E-state index in [-0.39, 0.29) is 16.2 Å². The van der Waals surface area contributed by atoms with Gasteiger partial charge in [0, 0.05) is 5.92 Å². The molecule has 0 aliphatic carbocycles. The van der Waals surface area contributed by atoms with Crippen molar-refractivity contribution >= 4 is 49.9 Å². The van der Waals surface area contributed by atoms with E-state index in [4.69, 9.17) is 0 Å². The molecule has 148 valence electrons. The molecule has 0 saturated heterocycles. The summed E-state index contributed by atoms with van der Waals surface area (Å²) in [6.07, 6.45) is 1.64. The predicted octanol–water partition coefficient (Wildman–Crippen LogP) is 3.03. The summed E-state index contributed by atoms with van der Waals surface area (Å²) in [5.41, 5.74) is -0.0753. The van der Waals surface area contributed by atoms with Crippen LogP contribution in [0.3, 0.4) is 0 Å². The maximum atomic E-state index is 13.0. The maximum Gasteiger partial charge on any atom is 0.346 e. The van der Waals surface area contributed by atoms with Gasteiger partial charge in [0.2, 0.25) is 11.0 Å². The fourth-order valence-corrected chi connectivity index (χ4v) is 4.51. The Morgan fingerprint density at radius 2 is 2.00 bits per heavy atom. The van der Waals surface area contributed by atoms with Crippen LogP contribution in [0.1, 0.15) is 59.4 Å². The van der Waals surface area contributed by atoms with Gasteiger partial charge in [0.15, 0.2) is 0 Å². The quantitative estimate of drug-likeness (QED) is 0.626. The van der Waals surface area contributed by atoms with Gasteiger partial charge in [-0.25, -0.2) is 9.78 Å². The van der Waals surface area contributed by atoms with Crippen molar-refractivity contribution in [1.29, 1.82) is 0 Å². The number of rotatable bonds is 6. The molecule has 0 saturated carbocycles. The molecular formula is C17H19N5O4S2.